The van der Waals surface area contributed by atoms with E-state index in [1.165, 1.54) is 22.3 Å². The van der Waals surface area contributed by atoms with Gasteiger partial charge in [0.25, 0.3) is 11.8 Å². The van der Waals surface area contributed by atoms with E-state index in [9.17, 15) is 26.4 Å². The third-order valence-electron chi connectivity index (χ3n) is 23.5. The molecule has 14 rings (SSSR count). The van der Waals surface area contributed by atoms with Gasteiger partial charge in [0, 0.05) is 82.3 Å². The third kappa shape index (κ3) is 12.4. The van der Waals surface area contributed by atoms with Gasteiger partial charge in [-0.05, 0) is 222 Å². The standard InChI is InChI=1S/2C35H46ClN3O5S/c2*1-23-5-3-14-35(22-43-16-15-37-35)30-10-7-27(30)19-39-20-34(13-4-6-25-17-28(36)9-11-29(25)34)21-44-32-12-8-26(18-31(32)39)33(40)38-45(41,42)24(23)2/h2*8-9,11-12,17-18,23-24,27,30,37H,3-7,10,13-16,19-22H2,1-2H3,(H,38,40)/t2*23-,24+,27-,30+,34-,35+/m00/s1. The molecule has 4 spiro atoms. The van der Waals surface area contributed by atoms with Gasteiger partial charge in [-0.25, -0.2) is 26.3 Å². The number of fused-ring (bicyclic) bond motifs is 10. The van der Waals surface area contributed by atoms with Crippen molar-refractivity contribution in [1.29, 1.82) is 0 Å². The molecule has 6 heterocycles. The van der Waals surface area contributed by atoms with Crippen LogP contribution in [0.25, 0.3) is 0 Å². The average molecular weight is 1310 g/mol. The maximum absolute atomic E-state index is 13.5. The van der Waals surface area contributed by atoms with E-state index in [0.29, 0.717) is 61.2 Å². The summed E-state index contributed by atoms with van der Waals surface area (Å²) in [6, 6.07) is 23.3. The number of amides is 2. The van der Waals surface area contributed by atoms with Crippen molar-refractivity contribution in [1.82, 2.24) is 20.1 Å². The highest BCUT2D eigenvalue weighted by atomic mass is 35.5. The Bertz CT molecular complexity index is 3350. The van der Waals surface area contributed by atoms with Crippen LogP contribution in [-0.2, 0) is 53.2 Å². The van der Waals surface area contributed by atoms with E-state index in [4.69, 9.17) is 42.1 Å². The van der Waals surface area contributed by atoms with Crippen LogP contribution in [0.1, 0.15) is 161 Å². The lowest BCUT2D eigenvalue weighted by Gasteiger charge is -2.54. The minimum atomic E-state index is -3.87. The number of nitrogens with one attached hydrogen (secondary N) is 4. The molecule has 0 unspecified atom stereocenters. The van der Waals surface area contributed by atoms with E-state index < -0.39 is 42.4 Å². The van der Waals surface area contributed by atoms with Gasteiger partial charge in [0.1, 0.15) is 11.5 Å². The molecule has 2 amide bonds. The number of benzene rings is 4. The highest BCUT2D eigenvalue weighted by Gasteiger charge is 2.53. The van der Waals surface area contributed by atoms with Crippen molar-refractivity contribution in [3.05, 3.63) is 116 Å². The summed E-state index contributed by atoms with van der Waals surface area (Å²) in [5.41, 5.74) is 6.87. The Morgan fingerprint density at radius 3 is 1.33 bits per heavy atom. The Kier molecular flexibility index (Phi) is 18.2. The maximum Gasteiger partial charge on any atom is 0.264 e. The van der Waals surface area contributed by atoms with Gasteiger partial charge in [-0.1, -0.05) is 62.0 Å². The number of carbonyl (C=O) groups is 2. The second-order valence-corrected chi connectivity index (χ2v) is 33.8. The lowest BCUT2D eigenvalue weighted by Crippen LogP contribution is -2.64. The quantitative estimate of drug-likeness (QED) is 0.130. The zero-order valence-electron chi connectivity index (χ0n) is 52.9. The molecule has 16 nitrogen and oxygen atoms in total. The molecule has 4 N–H and O–H groups in total. The average Bonchev–Trinajstić information content (AvgIpc) is 1.34. The van der Waals surface area contributed by atoms with Crippen molar-refractivity contribution in [2.45, 2.75) is 163 Å². The molecule has 20 heteroatoms. The summed E-state index contributed by atoms with van der Waals surface area (Å²) in [5.74, 6) is 1.92. The third-order valence-corrected chi connectivity index (χ3v) is 27.8. The van der Waals surface area contributed by atoms with Gasteiger partial charge >= 0.3 is 0 Å². The van der Waals surface area contributed by atoms with Crippen LogP contribution in [-0.4, -0.2) is 129 Å². The van der Waals surface area contributed by atoms with Crippen molar-refractivity contribution in [2.24, 2.45) is 35.5 Å². The van der Waals surface area contributed by atoms with Crippen molar-refractivity contribution < 1.29 is 45.4 Å². The van der Waals surface area contributed by atoms with E-state index in [1.54, 1.807) is 26.0 Å². The van der Waals surface area contributed by atoms with Crippen LogP contribution in [0.3, 0.4) is 0 Å². The lowest BCUT2D eigenvalue weighted by molar-refractivity contribution is -0.0521. The fourth-order valence-corrected chi connectivity index (χ4v) is 20.8. The Balaban J connectivity index is 0.000000165. The van der Waals surface area contributed by atoms with Crippen LogP contribution in [0.2, 0.25) is 10.0 Å². The number of nitrogens with zero attached hydrogens (tertiary/aromatic N) is 2. The predicted molar refractivity (Wildman–Crippen MR) is 354 cm³/mol. The first-order valence-electron chi connectivity index (χ1n) is 33.6. The second kappa shape index (κ2) is 25.6. The molecule has 4 bridgehead atoms. The zero-order chi connectivity index (χ0) is 62.8. The molecule has 90 heavy (non-hydrogen) atoms. The van der Waals surface area contributed by atoms with Gasteiger partial charge in [-0.3, -0.25) is 9.59 Å². The first-order valence-corrected chi connectivity index (χ1v) is 37.4. The molecule has 4 aliphatic carbocycles. The maximum atomic E-state index is 13.5. The normalized spacial score (nSPS) is 34.9. The highest BCUT2D eigenvalue weighted by Crippen LogP contribution is 2.52. The van der Waals surface area contributed by atoms with E-state index in [1.807, 2.05) is 50.2 Å². The largest absolute Gasteiger partial charge is 0.490 e. The van der Waals surface area contributed by atoms with Crippen molar-refractivity contribution in [2.75, 3.05) is 88.7 Å². The number of sulfonamides is 2. The smallest absolute Gasteiger partial charge is 0.264 e. The van der Waals surface area contributed by atoms with Gasteiger partial charge in [-0.15, -0.1) is 0 Å². The Hall–Kier alpha value is -4.66. The first kappa shape index (κ1) is 64.1. The van der Waals surface area contributed by atoms with Gasteiger partial charge in [0.15, 0.2) is 0 Å². The Morgan fingerprint density at radius 2 is 0.944 bits per heavy atom. The number of ether oxygens (including phenoxy) is 4. The number of morpholine rings is 2. The van der Waals surface area contributed by atoms with Crippen molar-refractivity contribution in [3.8, 4) is 11.5 Å². The summed E-state index contributed by atoms with van der Waals surface area (Å²) in [5, 5.41) is 7.94. The summed E-state index contributed by atoms with van der Waals surface area (Å²) >= 11 is 12.9. The molecule has 6 aliphatic heterocycles. The molecule has 4 aromatic carbocycles. The molecule has 4 aromatic rings. The first-order chi connectivity index (χ1) is 43.2. The SMILES string of the molecule is C[C@@H]1[C@@H](C)CCC[C@@]2(COCCN2)[C@@H]2CC[C@H]2CN2C[C@@]3(CCCc4cc(Cl)ccc43)COc3ccc(cc32)C(=O)NS1(=O)=O.C[C@@H]1[C@@H](C)CCC[C@@]2(COCCN2)[C@@H]2CC[C@H]2CN2C[C@@]3(CCCc4cc(Cl)ccc43)COc3ccc(cc32)C(=O)NS1(=O)=O. The number of hydrogen-bond acceptors (Lipinski definition) is 14. The van der Waals surface area contributed by atoms with Gasteiger partial charge < -0.3 is 39.4 Å². The number of halogens is 2. The second-order valence-electron chi connectivity index (χ2n) is 28.8. The fourth-order valence-electron chi connectivity index (χ4n) is 17.8. The van der Waals surface area contributed by atoms with Crippen LogP contribution in [0.15, 0.2) is 72.8 Å². The molecule has 2 saturated carbocycles. The molecule has 488 valence electrons. The van der Waals surface area contributed by atoms with E-state index in [-0.39, 0.29) is 33.7 Å². The monoisotopic (exact) mass is 1310 g/mol. The highest BCUT2D eigenvalue weighted by molar-refractivity contribution is 7.91. The number of rotatable bonds is 0. The van der Waals surface area contributed by atoms with Crippen LogP contribution in [0.5, 0.6) is 11.5 Å². The van der Waals surface area contributed by atoms with E-state index >= 15 is 0 Å². The van der Waals surface area contributed by atoms with Crippen molar-refractivity contribution in [3.63, 3.8) is 0 Å². The number of carbonyl (C=O) groups excluding carboxylic acids is 2. The Labute approximate surface area is 543 Å². The minimum absolute atomic E-state index is 0.0951. The van der Waals surface area contributed by atoms with Gasteiger partial charge in [0.2, 0.25) is 20.0 Å². The van der Waals surface area contributed by atoms with Crippen LogP contribution in [0, 0.1) is 35.5 Å². The molecule has 0 aromatic heterocycles. The van der Waals surface area contributed by atoms with Gasteiger partial charge in [0.05, 0.1) is 61.5 Å². The van der Waals surface area contributed by atoms with Crippen LogP contribution in [0.4, 0.5) is 11.4 Å². The van der Waals surface area contributed by atoms with Crippen molar-refractivity contribution >= 4 is 66.4 Å². The summed E-state index contributed by atoms with van der Waals surface area (Å²) in [6.45, 7) is 16.1. The van der Waals surface area contributed by atoms with E-state index in [2.05, 4.69) is 54.1 Å². The topological polar surface area (TPSA) is 194 Å². The molecule has 2 saturated heterocycles. The predicted octanol–water partition coefficient (Wildman–Crippen LogP) is 10.9. The summed E-state index contributed by atoms with van der Waals surface area (Å²) in [6.07, 6.45) is 15.9. The minimum Gasteiger partial charge on any atom is -0.490 e. The molecular weight excluding hydrogens is 1220 g/mol. The number of anilines is 2. The Morgan fingerprint density at radius 1 is 0.511 bits per heavy atom. The molecule has 0 radical (unpaired) electrons. The molecular formula is C70H92Cl2N6O10S2. The number of aryl methyl sites for hydroxylation is 2. The van der Waals surface area contributed by atoms with Crippen LogP contribution < -0.4 is 39.4 Å². The van der Waals surface area contributed by atoms with Crippen LogP contribution >= 0.6 is 23.2 Å². The summed E-state index contributed by atoms with van der Waals surface area (Å²) in [4.78, 5) is 31.9. The van der Waals surface area contributed by atoms with E-state index in [0.717, 1.165) is 188 Å². The summed E-state index contributed by atoms with van der Waals surface area (Å²) < 4.78 is 83.9. The molecule has 10 aliphatic rings. The lowest BCUT2D eigenvalue weighted by atomic mass is 9.61. The van der Waals surface area contributed by atoms with Gasteiger partial charge in [-0.2, -0.15) is 0 Å². The zero-order valence-corrected chi connectivity index (χ0v) is 56.0. The molecule has 12 atom stereocenters. The number of hydrogen-bond donors (Lipinski definition) is 4. The fraction of sp³-hybridized carbons (Fsp3) is 0.629. The molecule has 4 fully saturated rings. The summed E-state index contributed by atoms with van der Waals surface area (Å²) in [7, 11) is -7.75.